The minimum Gasteiger partial charge on any atom is -0.480 e. The minimum atomic E-state index is -4.65. The first kappa shape index (κ1) is 12.7. The van der Waals surface area contributed by atoms with Crippen molar-refractivity contribution in [1.82, 2.24) is 19.8 Å². The van der Waals surface area contributed by atoms with Crippen LogP contribution in [0.1, 0.15) is 10.8 Å². The molecule has 2 aromatic heterocycles. The van der Waals surface area contributed by atoms with Crippen LogP contribution in [0.25, 0.3) is 4.96 Å². The number of alkyl halides is 3. The van der Waals surface area contributed by atoms with Crippen molar-refractivity contribution in [3.8, 4) is 0 Å². The van der Waals surface area contributed by atoms with E-state index in [9.17, 15) is 18.0 Å². The third-order valence-electron chi connectivity index (χ3n) is 1.74. The van der Waals surface area contributed by atoms with Crippen molar-refractivity contribution in [3.05, 3.63) is 10.8 Å². The van der Waals surface area contributed by atoms with Gasteiger partial charge in [0.05, 0.1) is 0 Å². The fourth-order valence-electron chi connectivity index (χ4n) is 1.12. The van der Waals surface area contributed by atoms with Gasteiger partial charge in [-0.1, -0.05) is 11.3 Å². The normalized spacial score (nSPS) is 12.2. The van der Waals surface area contributed by atoms with Crippen molar-refractivity contribution < 1.29 is 27.8 Å². The molecule has 18 heavy (non-hydrogen) atoms. The molecular formula is C7H5F3N4O3S. The van der Waals surface area contributed by atoms with Gasteiger partial charge in [0, 0.05) is 0 Å². The smallest absolute Gasteiger partial charge is 0.453 e. The maximum absolute atomic E-state index is 12.5. The lowest BCUT2D eigenvalue weighted by Crippen LogP contribution is -2.12. The van der Waals surface area contributed by atoms with E-state index in [1.165, 1.54) is 0 Å². The first-order valence-corrected chi connectivity index (χ1v) is 5.27. The number of fused-ring (bicyclic) bond motifs is 1. The number of rotatable bonds is 4. The second-order valence-electron chi connectivity index (χ2n) is 3.10. The van der Waals surface area contributed by atoms with Gasteiger partial charge >= 0.3 is 12.1 Å². The Bertz CT molecular complexity index is 578. The molecule has 0 unspecified atom stereocenters. The highest BCUT2D eigenvalue weighted by atomic mass is 32.1. The number of carboxylic acid groups (broad SMARTS) is 1. The van der Waals surface area contributed by atoms with Gasteiger partial charge in [0.1, 0.15) is 18.2 Å². The number of halogens is 3. The van der Waals surface area contributed by atoms with Crippen LogP contribution in [0.4, 0.5) is 13.2 Å². The molecule has 0 aromatic carbocycles. The summed E-state index contributed by atoms with van der Waals surface area (Å²) in [5.74, 6) is -2.40. The molecule has 0 saturated heterocycles. The number of aliphatic carboxylic acids is 1. The predicted octanol–water partition coefficient (Wildman–Crippen LogP) is 0.806. The van der Waals surface area contributed by atoms with Gasteiger partial charge in [0.25, 0.3) is 5.82 Å². The van der Waals surface area contributed by atoms with E-state index in [0.717, 1.165) is 11.3 Å². The van der Waals surface area contributed by atoms with Crippen molar-refractivity contribution in [3.63, 3.8) is 0 Å². The fourth-order valence-corrected chi connectivity index (χ4v) is 1.89. The Labute approximate surface area is 101 Å². The Kier molecular flexibility index (Phi) is 3.17. The molecule has 0 bridgehead atoms. The average Bonchev–Trinajstić information content (AvgIpc) is 2.73. The summed E-state index contributed by atoms with van der Waals surface area (Å²) in [7, 11) is 0. The number of ether oxygens (including phenoxy) is 1. The number of aromatic nitrogens is 4. The molecule has 0 aliphatic heterocycles. The first-order valence-electron chi connectivity index (χ1n) is 4.46. The van der Waals surface area contributed by atoms with Crippen LogP contribution >= 0.6 is 11.3 Å². The topological polar surface area (TPSA) is 89.6 Å². The van der Waals surface area contributed by atoms with Gasteiger partial charge in [-0.15, -0.1) is 10.2 Å². The summed E-state index contributed by atoms with van der Waals surface area (Å²) < 4.78 is 42.6. The molecule has 98 valence electrons. The summed E-state index contributed by atoms with van der Waals surface area (Å²) in [6.45, 7) is -0.746. The third-order valence-corrected chi connectivity index (χ3v) is 2.61. The zero-order valence-electron chi connectivity index (χ0n) is 8.51. The Morgan fingerprint density at radius 3 is 2.78 bits per heavy atom. The highest BCUT2D eigenvalue weighted by molar-refractivity contribution is 7.16. The van der Waals surface area contributed by atoms with Gasteiger partial charge in [-0.3, -0.25) is 0 Å². The zero-order chi connectivity index (χ0) is 13.3. The molecule has 0 fully saturated rings. The van der Waals surface area contributed by atoms with Crippen molar-refractivity contribution in [2.45, 2.75) is 12.8 Å². The molecule has 11 heteroatoms. The van der Waals surface area contributed by atoms with Crippen LogP contribution in [0.5, 0.6) is 0 Å². The Morgan fingerprint density at radius 1 is 1.44 bits per heavy atom. The number of hydrogen-bond acceptors (Lipinski definition) is 6. The van der Waals surface area contributed by atoms with E-state index in [0.29, 0.717) is 4.52 Å². The molecule has 7 nitrogen and oxygen atoms in total. The molecule has 0 saturated carbocycles. The number of carbonyl (C=O) groups is 1. The van der Waals surface area contributed by atoms with Crippen molar-refractivity contribution in [1.29, 1.82) is 0 Å². The maximum Gasteiger partial charge on any atom is 0.453 e. The predicted molar refractivity (Wildman–Crippen MR) is 51.0 cm³/mol. The first-order chi connectivity index (χ1) is 8.38. The molecule has 0 aliphatic rings. The van der Waals surface area contributed by atoms with Crippen molar-refractivity contribution >= 4 is 22.3 Å². The average molecular weight is 282 g/mol. The van der Waals surface area contributed by atoms with Crippen molar-refractivity contribution in [2.24, 2.45) is 0 Å². The number of hydrogen-bond donors (Lipinski definition) is 1. The van der Waals surface area contributed by atoms with E-state index in [-0.39, 0.29) is 16.6 Å². The van der Waals surface area contributed by atoms with Crippen LogP contribution in [0.3, 0.4) is 0 Å². The largest absolute Gasteiger partial charge is 0.480 e. The van der Waals surface area contributed by atoms with Crippen LogP contribution in [0, 0.1) is 0 Å². The summed E-state index contributed by atoms with van der Waals surface area (Å²) in [6.07, 6.45) is -4.65. The fraction of sp³-hybridized carbons (Fsp3) is 0.429. The van der Waals surface area contributed by atoms with Crippen molar-refractivity contribution in [2.75, 3.05) is 6.61 Å². The number of carboxylic acids is 1. The second-order valence-corrected chi connectivity index (χ2v) is 4.14. The van der Waals surface area contributed by atoms with Gasteiger partial charge < -0.3 is 9.84 Å². The Balaban J connectivity index is 2.18. The zero-order valence-corrected chi connectivity index (χ0v) is 9.33. The lowest BCUT2D eigenvalue weighted by Gasteiger charge is -2.00. The lowest BCUT2D eigenvalue weighted by atomic mass is 10.6. The monoisotopic (exact) mass is 282 g/mol. The molecule has 0 amide bonds. The quantitative estimate of drug-likeness (QED) is 0.892. The summed E-state index contributed by atoms with van der Waals surface area (Å²) in [5, 5.41) is 18.4. The Morgan fingerprint density at radius 2 is 2.17 bits per heavy atom. The van der Waals surface area contributed by atoms with Gasteiger partial charge in [0.2, 0.25) is 4.96 Å². The molecule has 2 heterocycles. The van der Waals surface area contributed by atoms with E-state index in [4.69, 9.17) is 9.84 Å². The Hall–Kier alpha value is -1.75. The van der Waals surface area contributed by atoms with Crippen LogP contribution < -0.4 is 0 Å². The van der Waals surface area contributed by atoms with Crippen LogP contribution in [0.2, 0.25) is 0 Å². The third kappa shape index (κ3) is 2.56. The highest BCUT2D eigenvalue weighted by Crippen LogP contribution is 2.28. The van der Waals surface area contributed by atoms with Crippen LogP contribution in [-0.2, 0) is 22.3 Å². The summed E-state index contributed by atoms with van der Waals surface area (Å²) in [6, 6.07) is 0. The highest BCUT2D eigenvalue weighted by Gasteiger charge is 2.38. The van der Waals surface area contributed by atoms with Gasteiger partial charge in [-0.2, -0.15) is 22.8 Å². The van der Waals surface area contributed by atoms with E-state index in [1.54, 1.807) is 0 Å². The van der Waals surface area contributed by atoms with E-state index in [2.05, 4.69) is 15.3 Å². The molecule has 0 spiro atoms. The van der Waals surface area contributed by atoms with E-state index < -0.39 is 24.6 Å². The summed E-state index contributed by atoms with van der Waals surface area (Å²) in [4.78, 5) is 10.1. The van der Waals surface area contributed by atoms with E-state index in [1.807, 2.05) is 0 Å². The van der Waals surface area contributed by atoms with Gasteiger partial charge in [0.15, 0.2) is 0 Å². The molecule has 0 atom stereocenters. The molecule has 1 N–H and O–H groups in total. The maximum atomic E-state index is 12.5. The van der Waals surface area contributed by atoms with E-state index >= 15 is 0 Å². The second kappa shape index (κ2) is 4.49. The summed E-state index contributed by atoms with van der Waals surface area (Å²) in [5.41, 5.74) is 0. The van der Waals surface area contributed by atoms with Crippen LogP contribution in [0.15, 0.2) is 0 Å². The molecule has 0 aliphatic carbocycles. The molecule has 0 radical (unpaired) electrons. The lowest BCUT2D eigenvalue weighted by molar-refractivity contribution is -0.146. The minimum absolute atomic E-state index is 0.0312. The standard InChI is InChI=1S/C7H5F3N4O3S/c8-7(9,10)5-11-12-6-14(5)13-3(18-6)1-17-2-4(15)16/h1-2H2,(H,15,16). The summed E-state index contributed by atoms with van der Waals surface area (Å²) >= 11 is 0.846. The molecule has 2 rings (SSSR count). The number of nitrogens with zero attached hydrogens (tertiary/aromatic N) is 4. The molecular weight excluding hydrogens is 277 g/mol. The SMILES string of the molecule is O=C(O)COCc1nn2c(C(F)(F)F)nnc2s1. The molecule has 2 aromatic rings. The van der Waals surface area contributed by atoms with Gasteiger partial charge in [-0.25, -0.2) is 4.79 Å². The van der Waals surface area contributed by atoms with Gasteiger partial charge in [-0.05, 0) is 0 Å². The van der Waals surface area contributed by atoms with Crippen LogP contribution in [-0.4, -0.2) is 37.5 Å².